The van der Waals surface area contributed by atoms with Crippen molar-refractivity contribution in [3.05, 3.63) is 65.0 Å². The lowest BCUT2D eigenvalue weighted by atomic mass is 9.93. The molecule has 0 aliphatic carbocycles. The van der Waals surface area contributed by atoms with Crippen molar-refractivity contribution in [3.63, 3.8) is 0 Å². The predicted octanol–water partition coefficient (Wildman–Crippen LogP) is 3.90. The van der Waals surface area contributed by atoms with E-state index >= 15 is 0 Å². The molecule has 0 saturated heterocycles. The first-order valence-corrected chi connectivity index (χ1v) is 7.28. The van der Waals surface area contributed by atoms with Crippen LogP contribution in [-0.2, 0) is 6.42 Å². The molecule has 1 aromatic carbocycles. The van der Waals surface area contributed by atoms with Gasteiger partial charge in [0, 0.05) is 12.4 Å². The normalized spacial score (nSPS) is 12.7. The van der Waals surface area contributed by atoms with Crippen LogP contribution in [0.2, 0.25) is 0 Å². The van der Waals surface area contributed by atoms with Gasteiger partial charge in [0.15, 0.2) is 0 Å². The summed E-state index contributed by atoms with van der Waals surface area (Å²) in [5.74, 6) is 0.679. The summed E-state index contributed by atoms with van der Waals surface area (Å²) in [5, 5.41) is 3.42. The molecule has 0 fully saturated rings. The number of hydrogen-bond donors (Lipinski definition) is 1. The zero-order valence-electron chi connectivity index (χ0n) is 12.9. The monoisotopic (exact) mass is 268 g/mol. The van der Waals surface area contributed by atoms with Gasteiger partial charge in [-0.15, -0.1) is 0 Å². The summed E-state index contributed by atoms with van der Waals surface area (Å²) in [4.78, 5) is 4.27. The van der Waals surface area contributed by atoms with Crippen molar-refractivity contribution in [1.29, 1.82) is 0 Å². The molecular formula is C18H24N2. The molecule has 2 nitrogen and oxygen atoms in total. The van der Waals surface area contributed by atoms with E-state index in [2.05, 4.69) is 61.4 Å². The van der Waals surface area contributed by atoms with Gasteiger partial charge in [0.25, 0.3) is 0 Å². The van der Waals surface area contributed by atoms with Gasteiger partial charge in [-0.05, 0) is 54.6 Å². The second-order valence-electron chi connectivity index (χ2n) is 5.80. The molecule has 0 aliphatic heterocycles. The standard InChI is InChI=1S/C18H24N2/c1-13(2)10-15-6-5-7-16(11-15)18(19-4)17-12-20-9-8-14(17)3/h5-9,11-13,18-19H,10H2,1-4H3. The van der Waals surface area contributed by atoms with E-state index in [-0.39, 0.29) is 6.04 Å². The molecule has 1 heterocycles. The number of rotatable bonds is 5. The summed E-state index contributed by atoms with van der Waals surface area (Å²) < 4.78 is 0. The van der Waals surface area contributed by atoms with Crippen molar-refractivity contribution in [3.8, 4) is 0 Å². The Morgan fingerprint density at radius 3 is 2.65 bits per heavy atom. The first kappa shape index (κ1) is 14.7. The fourth-order valence-electron chi connectivity index (χ4n) is 2.65. The third-order valence-electron chi connectivity index (χ3n) is 3.61. The Kier molecular flexibility index (Phi) is 4.91. The minimum absolute atomic E-state index is 0.204. The summed E-state index contributed by atoms with van der Waals surface area (Å²) in [6, 6.07) is 11.1. The summed E-state index contributed by atoms with van der Waals surface area (Å²) in [7, 11) is 2.01. The molecule has 20 heavy (non-hydrogen) atoms. The van der Waals surface area contributed by atoms with Crippen LogP contribution < -0.4 is 5.32 Å². The van der Waals surface area contributed by atoms with Crippen LogP contribution in [0, 0.1) is 12.8 Å². The Bertz CT molecular complexity index is 561. The molecule has 0 bridgehead atoms. The van der Waals surface area contributed by atoms with Gasteiger partial charge in [0.2, 0.25) is 0 Å². The Labute approximate surface area is 122 Å². The van der Waals surface area contributed by atoms with Gasteiger partial charge in [-0.1, -0.05) is 38.1 Å². The maximum atomic E-state index is 4.27. The molecule has 1 N–H and O–H groups in total. The second kappa shape index (κ2) is 6.67. The fourth-order valence-corrected chi connectivity index (χ4v) is 2.65. The van der Waals surface area contributed by atoms with Gasteiger partial charge >= 0.3 is 0 Å². The smallest absolute Gasteiger partial charge is 0.0592 e. The van der Waals surface area contributed by atoms with E-state index in [1.165, 1.54) is 22.3 Å². The molecule has 1 aromatic heterocycles. The van der Waals surface area contributed by atoms with E-state index in [1.54, 1.807) is 0 Å². The molecule has 106 valence electrons. The van der Waals surface area contributed by atoms with Crippen LogP contribution in [0.1, 0.15) is 42.1 Å². The molecule has 2 aromatic rings. The summed E-state index contributed by atoms with van der Waals surface area (Å²) in [6.07, 6.45) is 4.93. The lowest BCUT2D eigenvalue weighted by molar-refractivity contribution is 0.642. The molecule has 0 radical (unpaired) electrons. The van der Waals surface area contributed by atoms with Crippen LogP contribution >= 0.6 is 0 Å². The fraction of sp³-hybridized carbons (Fsp3) is 0.389. The van der Waals surface area contributed by atoms with Crippen LogP contribution in [-0.4, -0.2) is 12.0 Å². The van der Waals surface area contributed by atoms with E-state index in [0.29, 0.717) is 5.92 Å². The molecular weight excluding hydrogens is 244 g/mol. The summed E-state index contributed by atoms with van der Waals surface area (Å²) in [5.41, 5.74) is 5.23. The van der Waals surface area contributed by atoms with Gasteiger partial charge in [-0.25, -0.2) is 0 Å². The number of pyridine rings is 1. The number of aromatic nitrogens is 1. The third-order valence-corrected chi connectivity index (χ3v) is 3.61. The Morgan fingerprint density at radius 2 is 2.00 bits per heavy atom. The molecule has 0 saturated carbocycles. The van der Waals surface area contributed by atoms with Crippen LogP contribution in [0.4, 0.5) is 0 Å². The van der Waals surface area contributed by atoms with Crippen LogP contribution in [0.15, 0.2) is 42.7 Å². The van der Waals surface area contributed by atoms with Crippen molar-refractivity contribution < 1.29 is 0 Å². The van der Waals surface area contributed by atoms with Gasteiger partial charge in [-0.2, -0.15) is 0 Å². The van der Waals surface area contributed by atoms with Crippen LogP contribution in [0.25, 0.3) is 0 Å². The van der Waals surface area contributed by atoms with E-state index in [1.807, 2.05) is 19.4 Å². The summed E-state index contributed by atoms with van der Waals surface area (Å²) >= 11 is 0. The van der Waals surface area contributed by atoms with Crippen LogP contribution in [0.5, 0.6) is 0 Å². The van der Waals surface area contributed by atoms with Crippen LogP contribution in [0.3, 0.4) is 0 Å². The van der Waals surface area contributed by atoms with E-state index in [0.717, 1.165) is 6.42 Å². The maximum absolute atomic E-state index is 4.27. The lowest BCUT2D eigenvalue weighted by Crippen LogP contribution is -2.19. The maximum Gasteiger partial charge on any atom is 0.0592 e. The van der Waals surface area contributed by atoms with Crippen molar-refractivity contribution in [2.24, 2.45) is 5.92 Å². The summed E-state index contributed by atoms with van der Waals surface area (Å²) in [6.45, 7) is 6.65. The molecule has 2 heteroatoms. The highest BCUT2D eigenvalue weighted by Gasteiger charge is 2.14. The Hall–Kier alpha value is -1.67. The van der Waals surface area contributed by atoms with E-state index < -0.39 is 0 Å². The van der Waals surface area contributed by atoms with Crippen molar-refractivity contribution in [1.82, 2.24) is 10.3 Å². The van der Waals surface area contributed by atoms with Crippen molar-refractivity contribution in [2.75, 3.05) is 7.05 Å². The minimum Gasteiger partial charge on any atom is -0.309 e. The average Bonchev–Trinajstić information content (AvgIpc) is 2.41. The van der Waals surface area contributed by atoms with Crippen molar-refractivity contribution in [2.45, 2.75) is 33.2 Å². The minimum atomic E-state index is 0.204. The number of benzene rings is 1. The van der Waals surface area contributed by atoms with Gasteiger partial charge < -0.3 is 5.32 Å². The lowest BCUT2D eigenvalue weighted by Gasteiger charge is -2.20. The highest BCUT2D eigenvalue weighted by molar-refractivity contribution is 5.36. The molecule has 1 atom stereocenters. The SMILES string of the molecule is CNC(c1cccc(CC(C)C)c1)c1cnccc1C. The number of nitrogens with one attached hydrogen (secondary N) is 1. The van der Waals surface area contributed by atoms with Gasteiger partial charge in [0.1, 0.15) is 0 Å². The van der Waals surface area contributed by atoms with Gasteiger partial charge in [-0.3, -0.25) is 4.98 Å². The average molecular weight is 268 g/mol. The zero-order chi connectivity index (χ0) is 14.5. The molecule has 0 spiro atoms. The Morgan fingerprint density at radius 1 is 1.20 bits per heavy atom. The number of hydrogen-bond acceptors (Lipinski definition) is 2. The molecule has 2 rings (SSSR count). The predicted molar refractivity (Wildman–Crippen MR) is 84.9 cm³/mol. The highest BCUT2D eigenvalue weighted by atomic mass is 14.9. The van der Waals surface area contributed by atoms with Gasteiger partial charge in [0.05, 0.1) is 6.04 Å². The first-order valence-electron chi connectivity index (χ1n) is 7.28. The quantitative estimate of drug-likeness (QED) is 0.889. The number of aryl methyl sites for hydroxylation is 1. The highest BCUT2D eigenvalue weighted by Crippen LogP contribution is 2.25. The molecule has 0 aliphatic rings. The zero-order valence-corrected chi connectivity index (χ0v) is 12.9. The second-order valence-corrected chi connectivity index (χ2v) is 5.80. The molecule has 0 amide bonds. The topological polar surface area (TPSA) is 24.9 Å². The Balaban J connectivity index is 2.35. The van der Waals surface area contributed by atoms with Crippen molar-refractivity contribution >= 4 is 0 Å². The van der Waals surface area contributed by atoms with E-state index in [9.17, 15) is 0 Å². The largest absolute Gasteiger partial charge is 0.309 e. The number of nitrogens with zero attached hydrogens (tertiary/aromatic N) is 1. The first-order chi connectivity index (χ1) is 9.61. The third kappa shape index (κ3) is 3.45. The molecule has 1 unspecified atom stereocenters. The van der Waals surface area contributed by atoms with E-state index in [4.69, 9.17) is 0 Å².